The number of aromatic nitrogens is 2. The first-order chi connectivity index (χ1) is 8.67. The number of methoxy groups -OCH3 is 1. The zero-order chi connectivity index (χ0) is 13.4. The van der Waals surface area contributed by atoms with Gasteiger partial charge >= 0.3 is 0 Å². The smallest absolute Gasteiger partial charge is 0.266 e. The summed E-state index contributed by atoms with van der Waals surface area (Å²) in [5.41, 5.74) is -0.0787. The van der Waals surface area contributed by atoms with Crippen molar-refractivity contribution < 1.29 is 4.74 Å². The summed E-state index contributed by atoms with van der Waals surface area (Å²) in [6.45, 7) is 5.99. The molecule has 0 amide bonds. The van der Waals surface area contributed by atoms with E-state index in [1.807, 2.05) is 0 Å². The Balaban J connectivity index is 2.41. The topological polar surface area (TPSA) is 56.1 Å². The molecule has 0 fully saturated rings. The molecule has 1 N–H and O–H groups in total. The number of hydrogen-bond acceptors (Lipinski definition) is 4. The Morgan fingerprint density at radius 2 is 2.28 bits per heavy atom. The number of hydrogen-bond donors (Lipinski definition) is 1. The van der Waals surface area contributed by atoms with Crippen LogP contribution in [0.1, 0.15) is 33.1 Å². The monoisotopic (exact) mass is 253 g/mol. The fraction of sp³-hybridized carbons (Fsp3) is 0.692. The Labute approximate surface area is 108 Å². The van der Waals surface area contributed by atoms with Crippen LogP contribution >= 0.6 is 0 Å². The van der Waals surface area contributed by atoms with Crippen molar-refractivity contribution in [3.8, 4) is 5.88 Å². The Morgan fingerprint density at radius 3 is 2.94 bits per heavy atom. The molecule has 1 rings (SSSR count). The van der Waals surface area contributed by atoms with Crippen LogP contribution in [0.15, 0.2) is 16.9 Å². The van der Waals surface area contributed by atoms with Crippen LogP contribution in [0.2, 0.25) is 0 Å². The summed E-state index contributed by atoms with van der Waals surface area (Å²) in [6.07, 6.45) is 3.10. The molecule has 1 aromatic heterocycles. The molecule has 0 saturated heterocycles. The van der Waals surface area contributed by atoms with Gasteiger partial charge < -0.3 is 10.1 Å². The van der Waals surface area contributed by atoms with Crippen LogP contribution in [-0.2, 0) is 6.54 Å². The Bertz CT molecular complexity index is 403. The highest BCUT2D eigenvalue weighted by molar-refractivity contribution is 5.05. The molecule has 0 aliphatic carbocycles. The van der Waals surface area contributed by atoms with E-state index in [1.54, 1.807) is 13.2 Å². The van der Waals surface area contributed by atoms with Crippen molar-refractivity contribution in [1.82, 2.24) is 15.1 Å². The predicted molar refractivity (Wildman–Crippen MR) is 72.0 cm³/mol. The van der Waals surface area contributed by atoms with E-state index in [0.717, 1.165) is 25.8 Å². The molecule has 18 heavy (non-hydrogen) atoms. The van der Waals surface area contributed by atoms with Gasteiger partial charge in [0.1, 0.15) is 0 Å². The first kappa shape index (κ1) is 14.7. The Morgan fingerprint density at radius 1 is 1.50 bits per heavy atom. The molecular formula is C13H23N3O2. The molecule has 5 nitrogen and oxygen atoms in total. The lowest BCUT2D eigenvalue weighted by atomic mass is 10.2. The minimum Gasteiger partial charge on any atom is -0.480 e. The van der Waals surface area contributed by atoms with Gasteiger partial charge in [-0.3, -0.25) is 4.79 Å². The summed E-state index contributed by atoms with van der Waals surface area (Å²) in [6, 6.07) is 3.56. The molecular weight excluding hydrogens is 230 g/mol. The first-order valence-corrected chi connectivity index (χ1v) is 6.53. The van der Waals surface area contributed by atoms with Crippen molar-refractivity contribution in [2.45, 2.75) is 45.7 Å². The van der Waals surface area contributed by atoms with Crippen LogP contribution in [0, 0.1) is 0 Å². The van der Waals surface area contributed by atoms with Crippen LogP contribution in [-0.4, -0.2) is 29.5 Å². The lowest BCUT2D eigenvalue weighted by Gasteiger charge is -2.13. The maximum atomic E-state index is 11.6. The highest BCUT2D eigenvalue weighted by atomic mass is 16.5. The molecule has 0 saturated carbocycles. The normalized spacial score (nSPS) is 12.4. The fourth-order valence-corrected chi connectivity index (χ4v) is 1.74. The van der Waals surface area contributed by atoms with Crippen molar-refractivity contribution >= 4 is 0 Å². The summed E-state index contributed by atoms with van der Waals surface area (Å²) in [7, 11) is 1.55. The van der Waals surface area contributed by atoms with Crippen molar-refractivity contribution in [3.05, 3.63) is 22.5 Å². The third-order valence-electron chi connectivity index (χ3n) is 2.80. The number of ether oxygens (including phenoxy) is 1. The van der Waals surface area contributed by atoms with E-state index in [9.17, 15) is 4.79 Å². The molecule has 1 unspecified atom stereocenters. The van der Waals surface area contributed by atoms with E-state index in [1.165, 1.54) is 10.7 Å². The van der Waals surface area contributed by atoms with Gasteiger partial charge in [-0.15, -0.1) is 5.10 Å². The van der Waals surface area contributed by atoms with Crippen LogP contribution in [0.3, 0.4) is 0 Å². The minimum absolute atomic E-state index is 0.0787. The molecule has 102 valence electrons. The standard InChI is InChI=1S/C13H23N3O2/c1-4-9-14-11(2)6-5-10-16-13(17)8-7-12(15-16)18-3/h7-8,11,14H,4-6,9-10H2,1-3H3. The van der Waals surface area contributed by atoms with Crippen molar-refractivity contribution in [2.75, 3.05) is 13.7 Å². The molecule has 0 aliphatic rings. The van der Waals surface area contributed by atoms with Crippen molar-refractivity contribution in [3.63, 3.8) is 0 Å². The second-order valence-electron chi connectivity index (χ2n) is 4.43. The summed E-state index contributed by atoms with van der Waals surface area (Å²) in [4.78, 5) is 11.6. The van der Waals surface area contributed by atoms with E-state index in [4.69, 9.17) is 4.74 Å². The molecule has 1 atom stereocenters. The minimum atomic E-state index is -0.0787. The Hall–Kier alpha value is -1.36. The highest BCUT2D eigenvalue weighted by Crippen LogP contribution is 2.02. The third kappa shape index (κ3) is 4.87. The number of rotatable bonds is 8. The predicted octanol–water partition coefficient (Wildman–Crippen LogP) is 1.42. The van der Waals surface area contributed by atoms with E-state index < -0.39 is 0 Å². The van der Waals surface area contributed by atoms with Gasteiger partial charge in [-0.25, -0.2) is 4.68 Å². The van der Waals surface area contributed by atoms with E-state index >= 15 is 0 Å². The summed E-state index contributed by atoms with van der Waals surface area (Å²) in [5.74, 6) is 0.478. The molecule has 0 aliphatic heterocycles. The molecule has 0 spiro atoms. The van der Waals surface area contributed by atoms with Gasteiger partial charge in [-0.2, -0.15) is 0 Å². The highest BCUT2D eigenvalue weighted by Gasteiger charge is 2.03. The van der Waals surface area contributed by atoms with E-state index in [-0.39, 0.29) is 5.56 Å². The average Bonchev–Trinajstić information content (AvgIpc) is 2.38. The molecule has 0 radical (unpaired) electrons. The summed E-state index contributed by atoms with van der Waals surface area (Å²) < 4.78 is 6.47. The van der Waals surface area contributed by atoms with Crippen LogP contribution in [0.5, 0.6) is 5.88 Å². The van der Waals surface area contributed by atoms with E-state index in [2.05, 4.69) is 24.3 Å². The van der Waals surface area contributed by atoms with E-state index in [0.29, 0.717) is 18.5 Å². The van der Waals surface area contributed by atoms with Crippen molar-refractivity contribution in [1.29, 1.82) is 0 Å². The zero-order valence-electron chi connectivity index (χ0n) is 11.5. The molecule has 1 aromatic rings. The quantitative estimate of drug-likeness (QED) is 0.761. The van der Waals surface area contributed by atoms with Gasteiger partial charge in [-0.05, 0) is 32.7 Å². The molecule has 5 heteroatoms. The number of nitrogens with one attached hydrogen (secondary N) is 1. The third-order valence-corrected chi connectivity index (χ3v) is 2.80. The van der Waals surface area contributed by atoms with Gasteiger partial charge in [0.15, 0.2) is 0 Å². The maximum absolute atomic E-state index is 11.6. The summed E-state index contributed by atoms with van der Waals surface area (Å²) in [5, 5.41) is 7.53. The SMILES string of the molecule is CCCNC(C)CCCn1nc(OC)ccc1=O. The van der Waals surface area contributed by atoms with Crippen LogP contribution in [0.25, 0.3) is 0 Å². The number of aryl methyl sites for hydroxylation is 1. The van der Waals surface area contributed by atoms with Gasteiger partial charge in [0, 0.05) is 24.7 Å². The fourth-order valence-electron chi connectivity index (χ4n) is 1.74. The Kier molecular flexibility index (Phi) is 6.43. The van der Waals surface area contributed by atoms with Gasteiger partial charge in [0.2, 0.25) is 5.88 Å². The lowest BCUT2D eigenvalue weighted by Crippen LogP contribution is -2.28. The first-order valence-electron chi connectivity index (χ1n) is 6.53. The van der Waals surface area contributed by atoms with Crippen molar-refractivity contribution in [2.24, 2.45) is 0 Å². The van der Waals surface area contributed by atoms with Gasteiger partial charge in [0.25, 0.3) is 5.56 Å². The largest absolute Gasteiger partial charge is 0.480 e. The number of nitrogens with zero attached hydrogens (tertiary/aromatic N) is 2. The molecule has 0 aromatic carbocycles. The van der Waals surface area contributed by atoms with Crippen LogP contribution in [0.4, 0.5) is 0 Å². The molecule has 1 heterocycles. The molecule has 0 bridgehead atoms. The zero-order valence-corrected chi connectivity index (χ0v) is 11.5. The second kappa shape index (κ2) is 7.87. The van der Waals surface area contributed by atoms with Gasteiger partial charge in [0.05, 0.1) is 7.11 Å². The second-order valence-corrected chi connectivity index (χ2v) is 4.43. The maximum Gasteiger partial charge on any atom is 0.266 e. The summed E-state index contributed by atoms with van der Waals surface area (Å²) >= 11 is 0. The van der Waals surface area contributed by atoms with Gasteiger partial charge in [-0.1, -0.05) is 6.92 Å². The van der Waals surface area contributed by atoms with Crippen LogP contribution < -0.4 is 15.6 Å². The average molecular weight is 253 g/mol. The lowest BCUT2D eigenvalue weighted by molar-refractivity contribution is 0.370.